The molecule has 1 aliphatic rings. The molecule has 3 rings (SSSR count). The highest BCUT2D eigenvalue weighted by molar-refractivity contribution is 5.73. The van der Waals surface area contributed by atoms with Gasteiger partial charge in [0, 0.05) is 5.56 Å². The van der Waals surface area contributed by atoms with Gasteiger partial charge in [0.15, 0.2) is 11.5 Å². The Morgan fingerprint density at radius 1 is 0.944 bits per heavy atom. The summed E-state index contributed by atoms with van der Waals surface area (Å²) in [5.41, 5.74) is 2.85. The standard InChI is InChI=1S/C15H14O3/c1-10-2-4-13(16)12(8-10)11-3-5-14-15(9-11)18-7-6-17-14/h2-5,8-9,16H,6-7H2,1H3. The summed E-state index contributed by atoms with van der Waals surface area (Å²) < 4.78 is 11.0. The fraction of sp³-hybridized carbons (Fsp3) is 0.200. The smallest absolute Gasteiger partial charge is 0.161 e. The van der Waals surface area contributed by atoms with Crippen molar-refractivity contribution in [3.05, 3.63) is 42.0 Å². The van der Waals surface area contributed by atoms with Crippen LogP contribution in [0.4, 0.5) is 0 Å². The molecule has 1 aliphatic heterocycles. The van der Waals surface area contributed by atoms with Crippen LogP contribution in [0.15, 0.2) is 36.4 Å². The SMILES string of the molecule is Cc1ccc(O)c(-c2ccc3c(c2)OCCO3)c1. The number of fused-ring (bicyclic) bond motifs is 1. The zero-order chi connectivity index (χ0) is 12.5. The summed E-state index contributed by atoms with van der Waals surface area (Å²) in [5.74, 6) is 1.77. The third-order valence-electron chi connectivity index (χ3n) is 3.01. The molecule has 0 fully saturated rings. The molecule has 2 aromatic carbocycles. The summed E-state index contributed by atoms with van der Waals surface area (Å²) in [7, 11) is 0. The monoisotopic (exact) mass is 242 g/mol. The number of aromatic hydroxyl groups is 1. The third kappa shape index (κ3) is 1.88. The van der Waals surface area contributed by atoms with Crippen LogP contribution in [-0.4, -0.2) is 18.3 Å². The summed E-state index contributed by atoms with van der Waals surface area (Å²) >= 11 is 0. The van der Waals surface area contributed by atoms with Gasteiger partial charge in [-0.1, -0.05) is 17.7 Å². The molecule has 0 aliphatic carbocycles. The van der Waals surface area contributed by atoms with Crippen molar-refractivity contribution in [3.63, 3.8) is 0 Å². The maximum atomic E-state index is 9.92. The van der Waals surface area contributed by atoms with Crippen LogP contribution in [0.2, 0.25) is 0 Å². The average molecular weight is 242 g/mol. The summed E-state index contributed by atoms with van der Waals surface area (Å²) in [4.78, 5) is 0. The van der Waals surface area contributed by atoms with Gasteiger partial charge in [-0.15, -0.1) is 0 Å². The Hall–Kier alpha value is -2.16. The number of hydrogen-bond acceptors (Lipinski definition) is 3. The van der Waals surface area contributed by atoms with E-state index >= 15 is 0 Å². The average Bonchev–Trinajstić information content (AvgIpc) is 2.41. The van der Waals surface area contributed by atoms with Crippen LogP contribution in [0.3, 0.4) is 0 Å². The molecule has 0 radical (unpaired) electrons. The fourth-order valence-electron chi connectivity index (χ4n) is 2.09. The van der Waals surface area contributed by atoms with E-state index in [9.17, 15) is 5.11 Å². The van der Waals surface area contributed by atoms with Crippen molar-refractivity contribution in [2.75, 3.05) is 13.2 Å². The van der Waals surface area contributed by atoms with Crippen LogP contribution >= 0.6 is 0 Å². The number of ether oxygens (including phenoxy) is 2. The molecule has 0 bridgehead atoms. The van der Waals surface area contributed by atoms with E-state index < -0.39 is 0 Å². The highest BCUT2D eigenvalue weighted by Gasteiger charge is 2.13. The minimum atomic E-state index is 0.275. The minimum absolute atomic E-state index is 0.275. The van der Waals surface area contributed by atoms with Crippen molar-refractivity contribution in [1.82, 2.24) is 0 Å². The molecule has 0 saturated carbocycles. The van der Waals surface area contributed by atoms with Gasteiger partial charge in [0.05, 0.1) is 0 Å². The van der Waals surface area contributed by atoms with Crippen molar-refractivity contribution in [3.8, 4) is 28.4 Å². The number of benzene rings is 2. The Morgan fingerprint density at radius 2 is 1.72 bits per heavy atom. The second-order valence-corrected chi connectivity index (χ2v) is 4.38. The molecule has 3 nitrogen and oxygen atoms in total. The molecule has 1 N–H and O–H groups in total. The second-order valence-electron chi connectivity index (χ2n) is 4.38. The first kappa shape index (κ1) is 11.0. The van der Waals surface area contributed by atoms with Crippen molar-refractivity contribution < 1.29 is 14.6 Å². The molecule has 0 atom stereocenters. The van der Waals surface area contributed by atoms with E-state index in [1.165, 1.54) is 0 Å². The quantitative estimate of drug-likeness (QED) is 0.835. The molecule has 2 aromatic rings. The Balaban J connectivity index is 2.09. The molecule has 92 valence electrons. The molecule has 18 heavy (non-hydrogen) atoms. The van der Waals surface area contributed by atoms with Crippen LogP contribution < -0.4 is 9.47 Å². The highest BCUT2D eigenvalue weighted by Crippen LogP contribution is 2.37. The second kappa shape index (κ2) is 4.26. The van der Waals surface area contributed by atoms with Gasteiger partial charge in [0.1, 0.15) is 19.0 Å². The molecule has 0 amide bonds. The van der Waals surface area contributed by atoms with Crippen molar-refractivity contribution >= 4 is 0 Å². The van der Waals surface area contributed by atoms with Gasteiger partial charge < -0.3 is 14.6 Å². The van der Waals surface area contributed by atoms with Gasteiger partial charge in [-0.3, -0.25) is 0 Å². The predicted molar refractivity (Wildman–Crippen MR) is 69.3 cm³/mol. The lowest BCUT2D eigenvalue weighted by Crippen LogP contribution is -2.15. The van der Waals surface area contributed by atoms with E-state index in [0.29, 0.717) is 13.2 Å². The first-order valence-electron chi connectivity index (χ1n) is 5.94. The predicted octanol–water partition coefficient (Wildman–Crippen LogP) is 3.14. The maximum absolute atomic E-state index is 9.92. The van der Waals surface area contributed by atoms with Gasteiger partial charge in [-0.25, -0.2) is 0 Å². The number of rotatable bonds is 1. The summed E-state index contributed by atoms with van der Waals surface area (Å²) in [6, 6.07) is 11.3. The van der Waals surface area contributed by atoms with E-state index in [0.717, 1.165) is 28.2 Å². The van der Waals surface area contributed by atoms with E-state index in [4.69, 9.17) is 9.47 Å². The van der Waals surface area contributed by atoms with Crippen LogP contribution in [0.1, 0.15) is 5.56 Å². The molecule has 1 heterocycles. The van der Waals surface area contributed by atoms with E-state index in [-0.39, 0.29) is 5.75 Å². The highest BCUT2D eigenvalue weighted by atomic mass is 16.6. The lowest BCUT2D eigenvalue weighted by Gasteiger charge is -2.19. The zero-order valence-corrected chi connectivity index (χ0v) is 10.1. The first-order valence-corrected chi connectivity index (χ1v) is 5.94. The van der Waals surface area contributed by atoms with Crippen LogP contribution in [0.5, 0.6) is 17.2 Å². The Bertz CT molecular complexity index is 590. The van der Waals surface area contributed by atoms with Crippen LogP contribution in [0, 0.1) is 6.92 Å². The van der Waals surface area contributed by atoms with Gasteiger partial charge >= 0.3 is 0 Å². The van der Waals surface area contributed by atoms with Gasteiger partial charge in [-0.05, 0) is 36.8 Å². The Kier molecular flexibility index (Phi) is 2.59. The van der Waals surface area contributed by atoms with Gasteiger partial charge in [0.25, 0.3) is 0 Å². The Labute approximate surface area is 106 Å². The summed E-state index contributed by atoms with van der Waals surface area (Å²) in [5, 5.41) is 9.92. The van der Waals surface area contributed by atoms with Crippen molar-refractivity contribution in [2.24, 2.45) is 0 Å². The fourth-order valence-corrected chi connectivity index (χ4v) is 2.09. The molecule has 0 unspecified atom stereocenters. The summed E-state index contributed by atoms with van der Waals surface area (Å²) in [6.07, 6.45) is 0. The van der Waals surface area contributed by atoms with Gasteiger partial charge in [0.2, 0.25) is 0 Å². The van der Waals surface area contributed by atoms with E-state index in [2.05, 4.69) is 0 Å². The minimum Gasteiger partial charge on any atom is -0.507 e. The number of phenols is 1. The van der Waals surface area contributed by atoms with E-state index in [1.54, 1.807) is 6.07 Å². The maximum Gasteiger partial charge on any atom is 0.161 e. The molecular formula is C15H14O3. The number of hydrogen-bond donors (Lipinski definition) is 1. The largest absolute Gasteiger partial charge is 0.507 e. The lowest BCUT2D eigenvalue weighted by molar-refractivity contribution is 0.171. The van der Waals surface area contributed by atoms with Gasteiger partial charge in [-0.2, -0.15) is 0 Å². The zero-order valence-electron chi connectivity index (χ0n) is 10.1. The number of phenolic OH excluding ortho intramolecular Hbond substituents is 1. The Morgan fingerprint density at radius 3 is 2.56 bits per heavy atom. The van der Waals surface area contributed by atoms with Crippen molar-refractivity contribution in [1.29, 1.82) is 0 Å². The lowest BCUT2D eigenvalue weighted by atomic mass is 10.0. The molecule has 0 aromatic heterocycles. The normalized spacial score (nSPS) is 13.4. The first-order chi connectivity index (χ1) is 8.74. The molecular weight excluding hydrogens is 228 g/mol. The number of aryl methyl sites for hydroxylation is 1. The van der Waals surface area contributed by atoms with Crippen LogP contribution in [0.25, 0.3) is 11.1 Å². The molecule has 3 heteroatoms. The van der Waals surface area contributed by atoms with E-state index in [1.807, 2.05) is 37.3 Å². The topological polar surface area (TPSA) is 38.7 Å². The third-order valence-corrected chi connectivity index (χ3v) is 3.01. The summed E-state index contributed by atoms with van der Waals surface area (Å²) in [6.45, 7) is 3.15. The molecule has 0 saturated heterocycles. The molecule has 0 spiro atoms. The van der Waals surface area contributed by atoms with Crippen LogP contribution in [-0.2, 0) is 0 Å². The van der Waals surface area contributed by atoms with Crippen molar-refractivity contribution in [2.45, 2.75) is 6.92 Å².